The van der Waals surface area contributed by atoms with Gasteiger partial charge in [0.1, 0.15) is 5.82 Å². The molecule has 1 atom stereocenters. The third-order valence-corrected chi connectivity index (χ3v) is 4.56. The average Bonchev–Trinajstić information content (AvgIpc) is 2.36. The van der Waals surface area contributed by atoms with Gasteiger partial charge in [-0.05, 0) is 74.1 Å². The zero-order valence-corrected chi connectivity index (χ0v) is 13.4. The molecular formula is C18H20ClF. The summed E-state index contributed by atoms with van der Waals surface area (Å²) in [6.07, 6.45) is 0. The predicted octanol–water partition coefficient (Wildman–Crippen LogP) is 5.70. The molecule has 0 aliphatic carbocycles. The first-order chi connectivity index (χ1) is 9.32. The molecule has 0 aliphatic rings. The lowest BCUT2D eigenvalue weighted by molar-refractivity contribution is 0.610. The van der Waals surface area contributed by atoms with Crippen LogP contribution in [-0.2, 0) is 0 Å². The van der Waals surface area contributed by atoms with Gasteiger partial charge in [0.15, 0.2) is 0 Å². The van der Waals surface area contributed by atoms with Crippen molar-refractivity contribution in [2.45, 2.75) is 40.0 Å². The van der Waals surface area contributed by atoms with Crippen LogP contribution in [0.2, 0.25) is 0 Å². The van der Waals surface area contributed by atoms with E-state index in [1.165, 1.54) is 17.2 Å². The van der Waals surface area contributed by atoms with E-state index >= 15 is 0 Å². The van der Waals surface area contributed by atoms with Crippen LogP contribution >= 0.6 is 11.6 Å². The van der Waals surface area contributed by atoms with Crippen LogP contribution in [0.15, 0.2) is 24.3 Å². The van der Waals surface area contributed by atoms with E-state index in [0.29, 0.717) is 5.56 Å². The van der Waals surface area contributed by atoms with E-state index in [4.69, 9.17) is 11.6 Å². The molecule has 0 saturated heterocycles. The molecule has 0 radical (unpaired) electrons. The van der Waals surface area contributed by atoms with Crippen molar-refractivity contribution in [1.82, 2.24) is 0 Å². The lowest BCUT2D eigenvalue weighted by Crippen LogP contribution is -2.05. The summed E-state index contributed by atoms with van der Waals surface area (Å²) in [6, 6.07) is 7.39. The fourth-order valence-electron chi connectivity index (χ4n) is 2.62. The maximum absolute atomic E-state index is 14.2. The van der Waals surface area contributed by atoms with E-state index in [9.17, 15) is 4.39 Å². The Hall–Kier alpha value is -1.34. The third kappa shape index (κ3) is 2.60. The van der Waals surface area contributed by atoms with Crippen molar-refractivity contribution in [3.05, 3.63) is 69.0 Å². The normalized spacial score (nSPS) is 12.6. The Morgan fingerprint density at radius 2 is 1.45 bits per heavy atom. The van der Waals surface area contributed by atoms with Gasteiger partial charge in [0.05, 0.1) is 5.38 Å². The highest BCUT2D eigenvalue weighted by Gasteiger charge is 2.21. The molecule has 2 aromatic carbocycles. The maximum atomic E-state index is 14.2. The van der Waals surface area contributed by atoms with Gasteiger partial charge in [-0.2, -0.15) is 0 Å². The minimum Gasteiger partial charge on any atom is -0.207 e. The van der Waals surface area contributed by atoms with Crippen molar-refractivity contribution in [3.8, 4) is 0 Å². The summed E-state index contributed by atoms with van der Waals surface area (Å²) >= 11 is 6.60. The van der Waals surface area contributed by atoms with E-state index < -0.39 is 5.38 Å². The van der Waals surface area contributed by atoms with Crippen molar-refractivity contribution in [3.63, 3.8) is 0 Å². The molecule has 0 amide bonds. The van der Waals surface area contributed by atoms with Crippen LogP contribution in [0.5, 0.6) is 0 Å². The minimum absolute atomic E-state index is 0.233. The predicted molar refractivity (Wildman–Crippen MR) is 84.2 cm³/mol. The first-order valence-electron chi connectivity index (χ1n) is 6.80. The van der Waals surface area contributed by atoms with Crippen molar-refractivity contribution < 1.29 is 4.39 Å². The summed E-state index contributed by atoms with van der Waals surface area (Å²) < 4.78 is 14.2. The minimum atomic E-state index is -0.450. The Morgan fingerprint density at radius 3 is 1.95 bits per heavy atom. The second-order valence-corrected chi connectivity index (χ2v) is 6.00. The van der Waals surface area contributed by atoms with E-state index in [-0.39, 0.29) is 5.82 Å². The second-order valence-electron chi connectivity index (χ2n) is 5.56. The third-order valence-electron chi connectivity index (χ3n) is 4.11. The number of halogens is 2. The van der Waals surface area contributed by atoms with E-state index in [2.05, 4.69) is 33.8 Å². The van der Waals surface area contributed by atoms with Crippen LogP contribution in [0.1, 0.15) is 44.3 Å². The fourth-order valence-corrected chi connectivity index (χ4v) is 3.13. The molecule has 20 heavy (non-hydrogen) atoms. The first-order valence-corrected chi connectivity index (χ1v) is 7.24. The Balaban J connectivity index is 2.62. The largest absolute Gasteiger partial charge is 0.207 e. The zero-order chi connectivity index (χ0) is 15.0. The van der Waals surface area contributed by atoms with Gasteiger partial charge in [0.2, 0.25) is 0 Å². The molecule has 0 aliphatic heterocycles. The van der Waals surface area contributed by atoms with Crippen LogP contribution in [0.25, 0.3) is 0 Å². The second kappa shape index (κ2) is 5.57. The number of aryl methyl sites for hydroxylation is 3. The Bertz CT molecular complexity index is 633. The molecule has 2 heteroatoms. The highest BCUT2D eigenvalue weighted by Crippen LogP contribution is 2.37. The summed E-state index contributed by atoms with van der Waals surface area (Å²) in [7, 11) is 0. The molecular weight excluding hydrogens is 271 g/mol. The fraction of sp³-hybridized carbons (Fsp3) is 0.333. The average molecular weight is 291 g/mol. The van der Waals surface area contributed by atoms with Crippen molar-refractivity contribution in [2.75, 3.05) is 0 Å². The number of hydrogen-bond donors (Lipinski definition) is 0. The standard InChI is InChI=1S/C18H20ClF/c1-10-6-7-15(16(20)8-10)18(19)17-13(4)11(2)9-12(3)14(17)5/h6-9,18H,1-5H3. The summed E-state index contributed by atoms with van der Waals surface area (Å²) in [6.45, 7) is 10.1. The number of benzene rings is 2. The van der Waals surface area contributed by atoms with Crippen molar-refractivity contribution >= 4 is 11.6 Å². The van der Waals surface area contributed by atoms with Crippen LogP contribution in [0, 0.1) is 40.4 Å². The van der Waals surface area contributed by atoms with Gasteiger partial charge in [0.25, 0.3) is 0 Å². The molecule has 0 bridgehead atoms. The highest BCUT2D eigenvalue weighted by atomic mass is 35.5. The van der Waals surface area contributed by atoms with Gasteiger partial charge < -0.3 is 0 Å². The van der Waals surface area contributed by atoms with Gasteiger partial charge >= 0.3 is 0 Å². The molecule has 2 aromatic rings. The zero-order valence-electron chi connectivity index (χ0n) is 12.6. The molecule has 0 nitrogen and oxygen atoms in total. The van der Waals surface area contributed by atoms with Gasteiger partial charge in [-0.1, -0.05) is 18.2 Å². The molecule has 2 rings (SSSR count). The number of alkyl halides is 1. The van der Waals surface area contributed by atoms with Crippen molar-refractivity contribution in [2.24, 2.45) is 0 Å². The van der Waals surface area contributed by atoms with Gasteiger partial charge in [-0.3, -0.25) is 0 Å². The van der Waals surface area contributed by atoms with Crippen LogP contribution < -0.4 is 0 Å². The highest BCUT2D eigenvalue weighted by molar-refractivity contribution is 6.22. The Kier molecular flexibility index (Phi) is 4.19. The van der Waals surface area contributed by atoms with E-state index in [0.717, 1.165) is 22.3 Å². The van der Waals surface area contributed by atoms with Crippen LogP contribution in [0.4, 0.5) is 4.39 Å². The number of rotatable bonds is 2. The molecule has 0 spiro atoms. The topological polar surface area (TPSA) is 0 Å². The monoisotopic (exact) mass is 290 g/mol. The smallest absolute Gasteiger partial charge is 0.128 e. The molecule has 0 heterocycles. The molecule has 0 saturated carbocycles. The van der Waals surface area contributed by atoms with Gasteiger partial charge in [-0.15, -0.1) is 11.6 Å². The first kappa shape index (κ1) is 15.1. The van der Waals surface area contributed by atoms with E-state index in [1.54, 1.807) is 6.07 Å². The number of hydrogen-bond acceptors (Lipinski definition) is 0. The molecule has 0 N–H and O–H groups in total. The lowest BCUT2D eigenvalue weighted by atomic mass is 9.89. The van der Waals surface area contributed by atoms with Crippen LogP contribution in [-0.4, -0.2) is 0 Å². The summed E-state index contributed by atoms with van der Waals surface area (Å²) in [5.41, 5.74) is 7.17. The SMILES string of the molecule is Cc1ccc(C(Cl)c2c(C)c(C)cc(C)c2C)c(F)c1. The van der Waals surface area contributed by atoms with E-state index in [1.807, 2.05) is 13.0 Å². The van der Waals surface area contributed by atoms with Gasteiger partial charge in [-0.25, -0.2) is 4.39 Å². The summed E-state index contributed by atoms with van der Waals surface area (Å²) in [5.74, 6) is -0.233. The summed E-state index contributed by atoms with van der Waals surface area (Å²) in [4.78, 5) is 0. The maximum Gasteiger partial charge on any atom is 0.128 e. The van der Waals surface area contributed by atoms with Crippen LogP contribution in [0.3, 0.4) is 0 Å². The lowest BCUT2D eigenvalue weighted by Gasteiger charge is -2.20. The molecule has 1 unspecified atom stereocenters. The molecule has 106 valence electrons. The van der Waals surface area contributed by atoms with Crippen molar-refractivity contribution in [1.29, 1.82) is 0 Å². The van der Waals surface area contributed by atoms with Gasteiger partial charge in [0, 0.05) is 5.56 Å². The Labute approximate surface area is 125 Å². The molecule has 0 fully saturated rings. The summed E-state index contributed by atoms with van der Waals surface area (Å²) in [5, 5.41) is -0.450. The molecule has 0 aromatic heterocycles. The quantitative estimate of drug-likeness (QED) is 0.623. The Morgan fingerprint density at radius 1 is 0.900 bits per heavy atom.